The second-order valence-electron chi connectivity index (χ2n) is 8.23. The quantitative estimate of drug-likeness (QED) is 0.356. The Balaban J connectivity index is 0.00000240. The summed E-state index contributed by atoms with van der Waals surface area (Å²) in [6, 6.07) is 0.260. The van der Waals surface area contributed by atoms with Crippen LogP contribution in [0.25, 0.3) is 0 Å². The zero-order valence-electron chi connectivity index (χ0n) is 17.4. The Labute approximate surface area is 190 Å². The van der Waals surface area contributed by atoms with E-state index in [9.17, 15) is 4.79 Å². The number of aromatic nitrogens is 3. The molecule has 0 aromatic carbocycles. The van der Waals surface area contributed by atoms with Gasteiger partial charge in [-0.05, 0) is 39.0 Å². The molecule has 2 fully saturated rings. The molecule has 4 rings (SSSR count). The molecule has 1 saturated carbocycles. The van der Waals surface area contributed by atoms with Gasteiger partial charge < -0.3 is 20.1 Å². The van der Waals surface area contributed by atoms with Gasteiger partial charge in [0.1, 0.15) is 12.4 Å². The van der Waals surface area contributed by atoms with Gasteiger partial charge in [0.15, 0.2) is 11.8 Å². The van der Waals surface area contributed by atoms with Gasteiger partial charge in [-0.1, -0.05) is 12.8 Å². The average Bonchev–Trinajstić information content (AvgIpc) is 3.46. The molecule has 2 aliphatic heterocycles. The van der Waals surface area contributed by atoms with E-state index < -0.39 is 0 Å². The van der Waals surface area contributed by atoms with Gasteiger partial charge in [-0.15, -0.1) is 34.2 Å². The smallest absolute Gasteiger partial charge is 0.225 e. The first-order valence-electron chi connectivity index (χ1n) is 11.0. The lowest BCUT2D eigenvalue weighted by Gasteiger charge is -2.21. The van der Waals surface area contributed by atoms with Crippen molar-refractivity contribution in [2.45, 2.75) is 77.4 Å². The fraction of sp³-hybridized carbons (Fsp3) is 0.800. The normalized spacial score (nSPS) is 22.3. The highest BCUT2D eigenvalue weighted by Gasteiger charge is 2.32. The largest absolute Gasteiger partial charge is 0.357 e. The predicted molar refractivity (Wildman–Crippen MR) is 123 cm³/mol. The predicted octanol–water partition coefficient (Wildman–Crippen LogP) is 2.08. The minimum atomic E-state index is 0. The molecule has 9 heteroatoms. The molecule has 3 aliphatic rings. The summed E-state index contributed by atoms with van der Waals surface area (Å²) >= 11 is 0. The summed E-state index contributed by atoms with van der Waals surface area (Å²) in [4.78, 5) is 19.4. The number of hydrogen-bond acceptors (Lipinski definition) is 4. The van der Waals surface area contributed by atoms with Gasteiger partial charge in [0, 0.05) is 44.6 Å². The minimum absolute atomic E-state index is 0. The second kappa shape index (κ2) is 10.6. The SMILES string of the molecule is CCNC(=NCc1nnc2n1CCCC2)NC1CCN(C(=O)C2CCCC2)C1.I. The Hall–Kier alpha value is -1.39. The zero-order chi connectivity index (χ0) is 19.3. The van der Waals surface area contributed by atoms with Gasteiger partial charge in [0.05, 0.1) is 0 Å². The van der Waals surface area contributed by atoms with E-state index in [4.69, 9.17) is 4.99 Å². The van der Waals surface area contributed by atoms with E-state index in [0.717, 1.165) is 69.5 Å². The highest BCUT2D eigenvalue weighted by Crippen LogP contribution is 2.27. The summed E-state index contributed by atoms with van der Waals surface area (Å²) in [5, 5.41) is 15.5. The molecule has 1 saturated heterocycles. The maximum Gasteiger partial charge on any atom is 0.225 e. The molecule has 1 aliphatic carbocycles. The monoisotopic (exact) mass is 515 g/mol. The highest BCUT2D eigenvalue weighted by atomic mass is 127. The molecule has 0 bridgehead atoms. The Morgan fingerprint density at radius 2 is 1.97 bits per heavy atom. The first-order valence-corrected chi connectivity index (χ1v) is 11.0. The summed E-state index contributed by atoms with van der Waals surface area (Å²) in [6.45, 7) is 6.03. The third-order valence-corrected chi connectivity index (χ3v) is 6.20. The number of aliphatic imine (C=N–C) groups is 1. The summed E-state index contributed by atoms with van der Waals surface area (Å²) in [7, 11) is 0. The van der Waals surface area contributed by atoms with Crippen LogP contribution in [0.3, 0.4) is 0 Å². The standard InChI is InChI=1S/C20H33N7O.HI/c1-2-21-20(22-13-18-25-24-17-9-5-6-11-27(17)18)23-16-10-12-26(14-16)19(28)15-7-3-4-8-15;/h15-16H,2-14H2,1H3,(H2,21,22,23);1H. The van der Waals surface area contributed by atoms with Crippen molar-refractivity contribution in [1.82, 2.24) is 30.3 Å². The van der Waals surface area contributed by atoms with Gasteiger partial charge in [-0.25, -0.2) is 4.99 Å². The van der Waals surface area contributed by atoms with E-state index in [1.54, 1.807) is 0 Å². The first kappa shape index (κ1) is 22.3. The van der Waals surface area contributed by atoms with E-state index >= 15 is 0 Å². The average molecular weight is 515 g/mol. The van der Waals surface area contributed by atoms with Crippen LogP contribution in [-0.4, -0.2) is 57.2 Å². The molecule has 1 aromatic heterocycles. The molecule has 8 nitrogen and oxygen atoms in total. The molecule has 162 valence electrons. The zero-order valence-corrected chi connectivity index (χ0v) is 19.7. The minimum Gasteiger partial charge on any atom is -0.357 e. The molecule has 1 unspecified atom stereocenters. The highest BCUT2D eigenvalue weighted by molar-refractivity contribution is 14.0. The summed E-state index contributed by atoms with van der Waals surface area (Å²) in [6.07, 6.45) is 8.92. The fourth-order valence-electron chi connectivity index (χ4n) is 4.66. The Kier molecular flexibility index (Phi) is 8.14. The Bertz CT molecular complexity index is 714. The number of halogens is 1. The van der Waals surface area contributed by atoms with Crippen LogP contribution in [0.2, 0.25) is 0 Å². The van der Waals surface area contributed by atoms with E-state index in [1.807, 2.05) is 4.90 Å². The van der Waals surface area contributed by atoms with E-state index in [-0.39, 0.29) is 35.9 Å². The molecule has 1 amide bonds. The van der Waals surface area contributed by atoms with Crippen LogP contribution >= 0.6 is 24.0 Å². The molecule has 0 spiro atoms. The summed E-state index contributed by atoms with van der Waals surface area (Å²) in [5.74, 6) is 3.46. The van der Waals surface area contributed by atoms with Crippen molar-refractivity contribution in [2.24, 2.45) is 10.9 Å². The topological polar surface area (TPSA) is 87.4 Å². The van der Waals surface area contributed by atoms with Crippen molar-refractivity contribution in [3.63, 3.8) is 0 Å². The van der Waals surface area contributed by atoms with E-state index in [2.05, 4.69) is 32.3 Å². The number of guanidine groups is 1. The maximum atomic E-state index is 12.7. The van der Waals surface area contributed by atoms with Crippen LogP contribution < -0.4 is 10.6 Å². The van der Waals surface area contributed by atoms with Crippen molar-refractivity contribution in [1.29, 1.82) is 0 Å². The third kappa shape index (κ3) is 5.40. The van der Waals surface area contributed by atoms with Gasteiger partial charge in [-0.3, -0.25) is 4.79 Å². The number of carbonyl (C=O) groups is 1. The number of rotatable bonds is 5. The first-order chi connectivity index (χ1) is 13.7. The fourth-order valence-corrected chi connectivity index (χ4v) is 4.66. The number of carbonyl (C=O) groups excluding carboxylic acids is 1. The van der Waals surface area contributed by atoms with Gasteiger partial charge in [0.25, 0.3) is 0 Å². The van der Waals surface area contributed by atoms with Gasteiger partial charge >= 0.3 is 0 Å². The van der Waals surface area contributed by atoms with Crippen molar-refractivity contribution in [3.05, 3.63) is 11.6 Å². The summed E-state index contributed by atoms with van der Waals surface area (Å²) in [5.41, 5.74) is 0. The van der Waals surface area contributed by atoms with Crippen LogP contribution in [-0.2, 0) is 24.3 Å². The van der Waals surface area contributed by atoms with Crippen molar-refractivity contribution in [2.75, 3.05) is 19.6 Å². The molecular formula is C20H34IN7O. The lowest BCUT2D eigenvalue weighted by molar-refractivity contribution is -0.134. The number of nitrogens with zero attached hydrogens (tertiary/aromatic N) is 5. The maximum absolute atomic E-state index is 12.7. The van der Waals surface area contributed by atoms with E-state index in [0.29, 0.717) is 12.5 Å². The lowest BCUT2D eigenvalue weighted by Crippen LogP contribution is -2.45. The number of likely N-dealkylation sites (tertiary alicyclic amines) is 1. The molecule has 0 radical (unpaired) electrons. The van der Waals surface area contributed by atoms with Crippen molar-refractivity contribution >= 4 is 35.8 Å². The number of amides is 1. The molecule has 2 N–H and O–H groups in total. The molecule has 3 heterocycles. The molecular weight excluding hydrogens is 481 g/mol. The molecule has 1 aromatic rings. The third-order valence-electron chi connectivity index (χ3n) is 6.20. The number of aryl methyl sites for hydroxylation is 1. The second-order valence-corrected chi connectivity index (χ2v) is 8.23. The Morgan fingerprint density at radius 1 is 1.14 bits per heavy atom. The lowest BCUT2D eigenvalue weighted by atomic mass is 10.1. The van der Waals surface area contributed by atoms with Crippen LogP contribution in [0.15, 0.2) is 4.99 Å². The molecule has 1 atom stereocenters. The molecule has 29 heavy (non-hydrogen) atoms. The van der Waals surface area contributed by atoms with Crippen molar-refractivity contribution < 1.29 is 4.79 Å². The number of fused-ring (bicyclic) bond motifs is 1. The summed E-state index contributed by atoms with van der Waals surface area (Å²) < 4.78 is 2.22. The number of hydrogen-bond donors (Lipinski definition) is 2. The van der Waals surface area contributed by atoms with E-state index in [1.165, 1.54) is 25.7 Å². The van der Waals surface area contributed by atoms with Crippen molar-refractivity contribution in [3.8, 4) is 0 Å². The van der Waals surface area contributed by atoms with Crippen LogP contribution in [0, 0.1) is 5.92 Å². The van der Waals surface area contributed by atoms with Crippen LogP contribution in [0.1, 0.15) is 63.5 Å². The van der Waals surface area contributed by atoms with Crippen LogP contribution in [0.5, 0.6) is 0 Å². The number of nitrogens with one attached hydrogen (secondary N) is 2. The Morgan fingerprint density at radius 3 is 2.76 bits per heavy atom. The van der Waals surface area contributed by atoms with Gasteiger partial charge in [-0.2, -0.15) is 0 Å². The van der Waals surface area contributed by atoms with Crippen LogP contribution in [0.4, 0.5) is 0 Å². The van der Waals surface area contributed by atoms with Gasteiger partial charge in [0.2, 0.25) is 5.91 Å².